The van der Waals surface area contributed by atoms with Gasteiger partial charge in [0.2, 0.25) is 10.0 Å². The number of hydrogen-bond acceptors (Lipinski definition) is 5. The molecule has 2 amide bonds. The van der Waals surface area contributed by atoms with Crippen LogP contribution in [0, 0.1) is 0 Å². The monoisotopic (exact) mass is 547 g/mol. The molecule has 0 aliphatic carbocycles. The predicted molar refractivity (Wildman–Crippen MR) is 152 cm³/mol. The van der Waals surface area contributed by atoms with Crippen molar-refractivity contribution in [2.45, 2.75) is 31.7 Å². The van der Waals surface area contributed by atoms with Crippen LogP contribution in [0.3, 0.4) is 0 Å². The fourth-order valence-corrected chi connectivity index (χ4v) is 7.14. The highest BCUT2D eigenvalue weighted by atomic mass is 32.2. The second-order valence-corrected chi connectivity index (χ2v) is 12.6. The molecule has 10 heteroatoms. The van der Waals surface area contributed by atoms with E-state index in [1.807, 2.05) is 53.4 Å². The zero-order valence-corrected chi connectivity index (χ0v) is 22.9. The highest BCUT2D eigenvalue weighted by molar-refractivity contribution is 7.88. The van der Waals surface area contributed by atoms with Crippen molar-refractivity contribution in [3.05, 3.63) is 71.4 Å². The molecule has 0 radical (unpaired) electrons. The number of primary amides is 1. The van der Waals surface area contributed by atoms with Crippen molar-refractivity contribution in [3.63, 3.8) is 0 Å². The predicted octanol–water partition coefficient (Wildman–Crippen LogP) is 3.28. The molecule has 4 heterocycles. The van der Waals surface area contributed by atoms with E-state index in [0.717, 1.165) is 72.2 Å². The molecule has 0 saturated carbocycles. The summed E-state index contributed by atoms with van der Waals surface area (Å²) in [5.41, 5.74) is 11.1. The van der Waals surface area contributed by atoms with Gasteiger partial charge in [-0.2, -0.15) is 4.31 Å². The van der Waals surface area contributed by atoms with Crippen LogP contribution in [0.1, 0.15) is 40.9 Å². The third-order valence-corrected chi connectivity index (χ3v) is 9.59. The van der Waals surface area contributed by atoms with Gasteiger partial charge < -0.3 is 15.5 Å². The van der Waals surface area contributed by atoms with Crippen LogP contribution in [-0.4, -0.2) is 79.1 Å². The molecule has 39 heavy (non-hydrogen) atoms. The Hall–Kier alpha value is -3.63. The van der Waals surface area contributed by atoms with Crippen LogP contribution in [0.15, 0.2) is 54.6 Å². The van der Waals surface area contributed by atoms with Crippen LogP contribution < -0.4 is 10.6 Å². The average molecular weight is 548 g/mol. The first-order valence-electron chi connectivity index (χ1n) is 13.4. The van der Waals surface area contributed by atoms with E-state index in [9.17, 15) is 18.0 Å². The first-order chi connectivity index (χ1) is 18.7. The zero-order chi connectivity index (χ0) is 27.3. The second kappa shape index (κ2) is 9.84. The van der Waals surface area contributed by atoms with E-state index >= 15 is 0 Å². The van der Waals surface area contributed by atoms with E-state index in [4.69, 9.17) is 5.73 Å². The lowest BCUT2D eigenvalue weighted by molar-refractivity contribution is 0.0641. The third kappa shape index (κ3) is 4.61. The normalized spacial score (nSPS) is 20.7. The Morgan fingerprint density at radius 1 is 1.03 bits per heavy atom. The van der Waals surface area contributed by atoms with Gasteiger partial charge in [-0.15, -0.1) is 0 Å². The molecule has 0 bridgehead atoms. The number of amides is 2. The highest BCUT2D eigenvalue weighted by Crippen LogP contribution is 2.36. The number of sulfonamides is 1. The van der Waals surface area contributed by atoms with Crippen LogP contribution >= 0.6 is 0 Å². The Bertz CT molecular complexity index is 1610. The number of nitrogens with two attached hydrogens (primary N) is 1. The molecule has 3 aromatic rings. The van der Waals surface area contributed by atoms with E-state index in [1.54, 1.807) is 0 Å². The summed E-state index contributed by atoms with van der Waals surface area (Å²) in [6.07, 6.45) is 6.36. The van der Waals surface area contributed by atoms with Crippen molar-refractivity contribution in [2.75, 3.05) is 43.9 Å². The van der Waals surface area contributed by atoms with Crippen molar-refractivity contribution in [1.82, 2.24) is 13.8 Å². The van der Waals surface area contributed by atoms with Crippen LogP contribution in [-0.2, 0) is 16.4 Å². The van der Waals surface area contributed by atoms with Crippen LogP contribution in [0.5, 0.6) is 0 Å². The number of anilines is 1. The molecule has 3 aliphatic heterocycles. The summed E-state index contributed by atoms with van der Waals surface area (Å²) in [6.45, 7) is 2.92. The number of fused-ring (bicyclic) bond motifs is 2. The molecule has 1 atom stereocenters. The maximum atomic E-state index is 13.4. The van der Waals surface area contributed by atoms with Gasteiger partial charge >= 0.3 is 6.03 Å². The lowest BCUT2D eigenvalue weighted by Crippen LogP contribution is -2.52. The fourth-order valence-electron chi connectivity index (χ4n) is 6.37. The van der Waals surface area contributed by atoms with Crippen molar-refractivity contribution >= 4 is 44.1 Å². The molecule has 204 valence electrons. The van der Waals surface area contributed by atoms with E-state index < -0.39 is 16.1 Å². The highest BCUT2D eigenvalue weighted by Gasteiger charge is 2.33. The molecule has 1 unspecified atom stereocenters. The summed E-state index contributed by atoms with van der Waals surface area (Å²) in [5.74, 6) is 0.108. The fraction of sp³-hybridized carbons (Fsp3) is 0.379. The van der Waals surface area contributed by atoms with Gasteiger partial charge in [0.25, 0.3) is 5.91 Å². The smallest absolute Gasteiger partial charge is 0.323 e. The lowest BCUT2D eigenvalue weighted by Gasteiger charge is -2.42. The minimum Gasteiger partial charge on any atom is -0.369 e. The van der Waals surface area contributed by atoms with E-state index in [-0.39, 0.29) is 18.5 Å². The zero-order valence-electron chi connectivity index (χ0n) is 22.0. The van der Waals surface area contributed by atoms with Gasteiger partial charge in [0, 0.05) is 55.4 Å². The summed E-state index contributed by atoms with van der Waals surface area (Å²) in [5, 5.41) is 0.925. The Balaban J connectivity index is 1.32. The molecular formula is C29H33N5O4S. The Kier molecular flexibility index (Phi) is 6.47. The standard InChI is InChI=1S/C29H33N5O4S/c1-39(37,38)32-15-11-21(12-16-32)27-18-24-25(9-4-10-26(24)34(27)29(30)36)31-14-5-7-22(19-31)33-17-13-20-6-2-3-8-23(20)28(33)35/h2-4,6,8-11,18,22H,5,7,12-17,19H2,1H3,(H2,30,36). The van der Waals surface area contributed by atoms with Gasteiger partial charge in [-0.05, 0) is 61.1 Å². The Morgan fingerprint density at radius 2 is 1.85 bits per heavy atom. The number of hydrogen-bond donors (Lipinski definition) is 1. The van der Waals surface area contributed by atoms with E-state index in [2.05, 4.69) is 11.0 Å². The third-order valence-electron chi connectivity index (χ3n) is 8.32. The Morgan fingerprint density at radius 3 is 2.59 bits per heavy atom. The largest absolute Gasteiger partial charge is 0.369 e. The number of carbonyl (C=O) groups excluding carboxylic acids is 2. The first kappa shape index (κ1) is 25.6. The molecule has 1 aromatic heterocycles. The van der Waals surface area contributed by atoms with Gasteiger partial charge in [-0.1, -0.05) is 30.3 Å². The van der Waals surface area contributed by atoms with Crippen molar-refractivity contribution in [2.24, 2.45) is 5.73 Å². The van der Waals surface area contributed by atoms with E-state index in [0.29, 0.717) is 18.7 Å². The minimum atomic E-state index is -3.28. The summed E-state index contributed by atoms with van der Waals surface area (Å²) in [4.78, 5) is 30.4. The molecule has 2 aromatic carbocycles. The summed E-state index contributed by atoms with van der Waals surface area (Å²) < 4.78 is 26.9. The maximum absolute atomic E-state index is 13.4. The molecular weight excluding hydrogens is 514 g/mol. The average Bonchev–Trinajstić information content (AvgIpc) is 3.33. The molecule has 3 aliphatic rings. The summed E-state index contributed by atoms with van der Waals surface area (Å²) in [7, 11) is -3.28. The molecule has 1 saturated heterocycles. The quantitative estimate of drug-likeness (QED) is 0.539. The van der Waals surface area contributed by atoms with Crippen molar-refractivity contribution < 1.29 is 18.0 Å². The summed E-state index contributed by atoms with van der Waals surface area (Å²) in [6, 6.07) is 15.3. The van der Waals surface area contributed by atoms with Gasteiger partial charge in [0.05, 0.1) is 17.5 Å². The molecule has 9 nitrogen and oxygen atoms in total. The second-order valence-electron chi connectivity index (χ2n) is 10.7. The number of rotatable bonds is 4. The van der Waals surface area contributed by atoms with Gasteiger partial charge in [-0.25, -0.2) is 13.2 Å². The topological polar surface area (TPSA) is 109 Å². The number of aromatic nitrogens is 1. The molecule has 1 fully saturated rings. The number of nitrogens with zero attached hydrogens (tertiary/aromatic N) is 4. The van der Waals surface area contributed by atoms with Crippen LogP contribution in [0.2, 0.25) is 0 Å². The molecule has 2 N–H and O–H groups in total. The van der Waals surface area contributed by atoms with Crippen LogP contribution in [0.4, 0.5) is 10.5 Å². The first-order valence-corrected chi connectivity index (χ1v) is 15.3. The van der Waals surface area contributed by atoms with Crippen molar-refractivity contribution in [3.8, 4) is 0 Å². The lowest BCUT2D eigenvalue weighted by atomic mass is 9.95. The summed E-state index contributed by atoms with van der Waals surface area (Å²) >= 11 is 0. The molecule has 0 spiro atoms. The Labute approximate surface area is 228 Å². The molecule has 6 rings (SSSR count). The van der Waals surface area contributed by atoms with Gasteiger partial charge in [-0.3, -0.25) is 9.36 Å². The number of carbonyl (C=O) groups is 2. The maximum Gasteiger partial charge on any atom is 0.323 e. The SMILES string of the molecule is CS(=O)(=O)N1CC=C(c2cc3c(N4CCCC(N5CCc6ccccc6C5=O)C4)cccc3n2C(N)=O)CC1. The van der Waals surface area contributed by atoms with Gasteiger partial charge in [0.15, 0.2) is 0 Å². The van der Waals surface area contributed by atoms with Gasteiger partial charge in [0.1, 0.15) is 0 Å². The number of benzene rings is 2. The van der Waals surface area contributed by atoms with Crippen molar-refractivity contribution in [1.29, 1.82) is 0 Å². The number of piperidine rings is 1. The van der Waals surface area contributed by atoms with E-state index in [1.165, 1.54) is 15.1 Å². The van der Waals surface area contributed by atoms with Crippen LogP contribution in [0.25, 0.3) is 16.5 Å². The minimum absolute atomic E-state index is 0.107.